The molecule has 0 aliphatic carbocycles. The van der Waals surface area contributed by atoms with Gasteiger partial charge >= 0.3 is 0 Å². The number of likely N-dealkylation sites (N-methyl/N-ethyl adjacent to an activating group) is 1. The number of hydrogen-bond donors (Lipinski definition) is 1. The Kier molecular flexibility index (Phi) is 9.79. The van der Waals surface area contributed by atoms with E-state index in [1.165, 1.54) is 0 Å². The molecule has 0 heterocycles. The summed E-state index contributed by atoms with van der Waals surface area (Å²) in [5.74, 6) is 0.323. The van der Waals surface area contributed by atoms with Gasteiger partial charge in [0.15, 0.2) is 0 Å². The zero-order valence-corrected chi connectivity index (χ0v) is 11.6. The lowest BCUT2D eigenvalue weighted by molar-refractivity contribution is -0.869. The number of quaternary nitrogens is 1. The Morgan fingerprint density at radius 2 is 1.73 bits per heavy atom. The van der Waals surface area contributed by atoms with Crippen LogP contribution in [0.15, 0.2) is 0 Å². The molecule has 0 rings (SSSR count). The lowest BCUT2D eigenvalue weighted by Gasteiger charge is -2.24. The van der Waals surface area contributed by atoms with Crippen molar-refractivity contribution in [2.75, 3.05) is 34.2 Å². The third kappa shape index (κ3) is 11.4. The Bertz CT molecular complexity index is 161. The number of hydrogen-bond acceptors (Lipinski definition) is 1. The minimum Gasteiger partial charge on any atom is -0.350 e. The van der Waals surface area contributed by atoms with Gasteiger partial charge in [-0.2, -0.15) is 0 Å². The van der Waals surface area contributed by atoms with Gasteiger partial charge in [-0.1, -0.05) is 27.7 Å². The lowest BCUT2D eigenvalue weighted by Crippen LogP contribution is -2.42. The van der Waals surface area contributed by atoms with Crippen molar-refractivity contribution in [3.05, 3.63) is 0 Å². The smallest absolute Gasteiger partial charge is 0.223 e. The van der Waals surface area contributed by atoms with Crippen LogP contribution in [-0.4, -0.2) is 44.6 Å². The zero-order valence-electron chi connectivity index (χ0n) is 11.6. The molecule has 0 fully saturated rings. The van der Waals surface area contributed by atoms with Crippen molar-refractivity contribution in [1.29, 1.82) is 0 Å². The van der Waals surface area contributed by atoms with Crippen molar-refractivity contribution in [3.8, 4) is 0 Å². The van der Waals surface area contributed by atoms with Crippen LogP contribution in [0.5, 0.6) is 0 Å². The fourth-order valence-electron chi connectivity index (χ4n) is 0.874. The predicted octanol–water partition coefficient (Wildman–Crippen LogP) is 1.88. The third-order valence-corrected chi connectivity index (χ3v) is 2.14. The van der Waals surface area contributed by atoms with E-state index in [4.69, 9.17) is 0 Å². The summed E-state index contributed by atoms with van der Waals surface area (Å²) < 4.78 is 0.890. The fraction of sp³-hybridized carbons (Fsp3) is 0.917. The van der Waals surface area contributed by atoms with E-state index in [2.05, 4.69) is 26.5 Å². The summed E-state index contributed by atoms with van der Waals surface area (Å²) in [5.41, 5.74) is 0. The maximum Gasteiger partial charge on any atom is 0.223 e. The number of carbonyl (C=O) groups excluding carboxylic acids is 1. The van der Waals surface area contributed by atoms with E-state index >= 15 is 0 Å². The molecule has 92 valence electrons. The molecule has 1 amide bonds. The van der Waals surface area contributed by atoms with Gasteiger partial charge in [0.1, 0.15) is 0 Å². The summed E-state index contributed by atoms with van der Waals surface area (Å²) in [6.07, 6.45) is 0.913. The number of nitrogens with one attached hydrogen (secondary N) is 1. The second-order valence-corrected chi connectivity index (χ2v) is 4.61. The molecule has 0 radical (unpaired) electrons. The Hall–Kier alpha value is -0.570. The summed E-state index contributed by atoms with van der Waals surface area (Å²) >= 11 is 0. The highest BCUT2D eigenvalue weighted by Crippen LogP contribution is 1.99. The summed E-state index contributed by atoms with van der Waals surface area (Å²) in [7, 11) is 6.36. The van der Waals surface area contributed by atoms with Crippen LogP contribution >= 0.6 is 0 Å². The van der Waals surface area contributed by atoms with Crippen molar-refractivity contribution >= 4 is 5.91 Å². The van der Waals surface area contributed by atoms with Crippen LogP contribution in [0.25, 0.3) is 0 Å². The van der Waals surface area contributed by atoms with E-state index in [1.54, 1.807) is 0 Å². The van der Waals surface area contributed by atoms with Crippen LogP contribution in [0.4, 0.5) is 0 Å². The highest BCUT2D eigenvalue weighted by molar-refractivity contribution is 5.78. The van der Waals surface area contributed by atoms with Crippen molar-refractivity contribution < 1.29 is 9.28 Å². The average molecular weight is 217 g/mol. The standard InChI is InChI=1S/C10H22N2O.C2H6/c1-6-9(2)10(13)11-7-8-12(3,4)5;1-2/h9H,6-8H2,1-5H3;1-2H3/p+1. The first-order valence-corrected chi connectivity index (χ1v) is 5.95. The van der Waals surface area contributed by atoms with Crippen LogP contribution in [0.1, 0.15) is 34.1 Å². The molecule has 0 bridgehead atoms. The molecule has 3 nitrogen and oxygen atoms in total. The summed E-state index contributed by atoms with van der Waals surface area (Å²) in [5, 5.41) is 2.94. The van der Waals surface area contributed by atoms with E-state index in [0.29, 0.717) is 0 Å². The van der Waals surface area contributed by atoms with E-state index in [1.807, 2.05) is 27.7 Å². The van der Waals surface area contributed by atoms with Gasteiger partial charge in [0.2, 0.25) is 5.91 Å². The Labute approximate surface area is 95.4 Å². The second-order valence-electron chi connectivity index (χ2n) is 4.61. The van der Waals surface area contributed by atoms with E-state index in [-0.39, 0.29) is 11.8 Å². The third-order valence-electron chi connectivity index (χ3n) is 2.14. The van der Waals surface area contributed by atoms with Crippen LogP contribution in [0.2, 0.25) is 0 Å². The lowest BCUT2D eigenvalue weighted by atomic mass is 10.1. The molecule has 0 aromatic rings. The summed E-state index contributed by atoms with van der Waals surface area (Å²) in [6, 6.07) is 0. The Morgan fingerprint density at radius 3 is 2.07 bits per heavy atom. The maximum atomic E-state index is 11.3. The average Bonchev–Trinajstić information content (AvgIpc) is 2.17. The molecule has 0 aliphatic heterocycles. The molecule has 0 saturated carbocycles. The normalized spacial score (nSPS) is 12.5. The minimum absolute atomic E-state index is 0.146. The molecule has 15 heavy (non-hydrogen) atoms. The van der Waals surface area contributed by atoms with Gasteiger partial charge in [0.05, 0.1) is 34.2 Å². The quantitative estimate of drug-likeness (QED) is 0.700. The van der Waals surface area contributed by atoms with Gasteiger partial charge in [-0.15, -0.1) is 0 Å². The Morgan fingerprint density at radius 1 is 1.27 bits per heavy atom. The van der Waals surface area contributed by atoms with Gasteiger partial charge in [-0.05, 0) is 6.42 Å². The van der Waals surface area contributed by atoms with E-state index in [0.717, 1.165) is 24.0 Å². The first kappa shape index (κ1) is 16.8. The van der Waals surface area contributed by atoms with Gasteiger partial charge in [-0.3, -0.25) is 4.79 Å². The highest BCUT2D eigenvalue weighted by Gasteiger charge is 2.11. The van der Waals surface area contributed by atoms with Crippen LogP contribution in [-0.2, 0) is 4.79 Å². The van der Waals surface area contributed by atoms with Gasteiger partial charge in [0, 0.05) is 5.92 Å². The topological polar surface area (TPSA) is 29.1 Å². The van der Waals surface area contributed by atoms with E-state index < -0.39 is 0 Å². The van der Waals surface area contributed by atoms with Gasteiger partial charge in [-0.25, -0.2) is 0 Å². The molecule has 0 aromatic heterocycles. The molecule has 1 unspecified atom stereocenters. The number of nitrogens with zero attached hydrogens (tertiary/aromatic N) is 1. The first-order valence-electron chi connectivity index (χ1n) is 5.95. The van der Waals surface area contributed by atoms with E-state index in [9.17, 15) is 4.79 Å². The van der Waals surface area contributed by atoms with Crippen LogP contribution < -0.4 is 5.32 Å². The summed E-state index contributed by atoms with van der Waals surface area (Å²) in [6.45, 7) is 9.74. The number of carbonyl (C=O) groups is 1. The minimum atomic E-state index is 0.146. The molecule has 0 saturated heterocycles. The Balaban J connectivity index is 0. The molecular formula is C12H29N2O+. The first-order chi connectivity index (χ1) is 6.87. The van der Waals surface area contributed by atoms with Gasteiger partial charge in [0.25, 0.3) is 0 Å². The molecule has 3 heteroatoms. The van der Waals surface area contributed by atoms with Crippen LogP contribution in [0, 0.1) is 5.92 Å². The fourth-order valence-corrected chi connectivity index (χ4v) is 0.874. The molecule has 1 N–H and O–H groups in total. The zero-order chi connectivity index (χ0) is 12.5. The van der Waals surface area contributed by atoms with Crippen LogP contribution in [0.3, 0.4) is 0 Å². The molecule has 0 aliphatic rings. The molecular weight excluding hydrogens is 188 g/mol. The monoisotopic (exact) mass is 217 g/mol. The summed E-state index contributed by atoms with van der Waals surface area (Å²) in [4.78, 5) is 11.3. The van der Waals surface area contributed by atoms with Crippen molar-refractivity contribution in [3.63, 3.8) is 0 Å². The van der Waals surface area contributed by atoms with Crippen molar-refractivity contribution in [2.45, 2.75) is 34.1 Å². The largest absolute Gasteiger partial charge is 0.350 e. The number of rotatable bonds is 5. The maximum absolute atomic E-state index is 11.3. The highest BCUT2D eigenvalue weighted by atomic mass is 16.1. The predicted molar refractivity (Wildman–Crippen MR) is 66.7 cm³/mol. The number of amides is 1. The molecule has 0 spiro atoms. The molecule has 0 aromatic carbocycles. The van der Waals surface area contributed by atoms with Crippen molar-refractivity contribution in [1.82, 2.24) is 5.32 Å². The molecule has 1 atom stereocenters. The van der Waals surface area contributed by atoms with Crippen molar-refractivity contribution in [2.24, 2.45) is 5.92 Å². The second kappa shape index (κ2) is 8.72. The SMILES string of the molecule is CC.CCC(C)C(=O)NCC[N+](C)(C)C. The van der Waals surface area contributed by atoms with Gasteiger partial charge < -0.3 is 9.80 Å².